The first-order valence-electron chi connectivity index (χ1n) is 11.8. The molecular formula is C26H32N4O3. The number of carbonyl (C=O) groups is 1. The first-order valence-corrected chi connectivity index (χ1v) is 11.8. The lowest BCUT2D eigenvalue weighted by atomic mass is 10.1. The van der Waals surface area contributed by atoms with Crippen LogP contribution < -0.4 is 10.3 Å². The third-order valence-corrected chi connectivity index (χ3v) is 6.14. The highest BCUT2D eigenvalue weighted by molar-refractivity contribution is 5.71. The van der Waals surface area contributed by atoms with Gasteiger partial charge in [0.1, 0.15) is 0 Å². The second-order valence-corrected chi connectivity index (χ2v) is 8.28. The molecule has 1 aliphatic heterocycles. The molecule has 2 aromatic carbocycles. The minimum atomic E-state index is -0.404. The molecule has 3 aromatic rings. The Morgan fingerprint density at radius 2 is 1.42 bits per heavy atom. The maximum absolute atomic E-state index is 13.7. The van der Waals surface area contributed by atoms with Crippen molar-refractivity contribution in [1.29, 1.82) is 0 Å². The van der Waals surface area contributed by atoms with Gasteiger partial charge < -0.3 is 14.5 Å². The molecule has 0 bridgehead atoms. The lowest BCUT2D eigenvalue weighted by Gasteiger charge is -2.33. The lowest BCUT2D eigenvalue weighted by molar-refractivity contribution is 0.110. The average molecular weight is 449 g/mol. The quantitative estimate of drug-likeness (QED) is 0.546. The molecule has 0 aliphatic carbocycles. The largest absolute Gasteiger partial charge is 0.416 e. The van der Waals surface area contributed by atoms with Gasteiger partial charge in [0.2, 0.25) is 5.88 Å². The summed E-state index contributed by atoms with van der Waals surface area (Å²) < 4.78 is 9.38. The molecule has 7 heteroatoms. The maximum Gasteiger partial charge on any atom is 0.416 e. The molecular weight excluding hydrogens is 416 g/mol. The normalized spacial score (nSPS) is 14.4. The van der Waals surface area contributed by atoms with Gasteiger partial charge in [-0.05, 0) is 43.7 Å². The van der Waals surface area contributed by atoms with Crippen molar-refractivity contribution in [2.45, 2.75) is 33.1 Å². The lowest BCUT2D eigenvalue weighted by Crippen LogP contribution is -2.49. The SMILES string of the molecule is CCCCc1c(OC(=O)N2CCN(CC)CC2)n(-c2ccccc2)n(-c2ccccc2)c1=O. The third kappa shape index (κ3) is 4.88. The number of nitrogens with zero attached hydrogens (tertiary/aromatic N) is 4. The Hall–Kier alpha value is -3.32. The highest BCUT2D eigenvalue weighted by Gasteiger charge is 2.28. The Labute approximate surface area is 194 Å². The molecule has 1 aromatic heterocycles. The van der Waals surface area contributed by atoms with Crippen LogP contribution in [0.25, 0.3) is 11.4 Å². The van der Waals surface area contributed by atoms with E-state index in [1.165, 1.54) is 0 Å². The molecule has 174 valence electrons. The summed E-state index contributed by atoms with van der Waals surface area (Å²) in [6.07, 6.45) is 1.92. The second-order valence-electron chi connectivity index (χ2n) is 8.28. The zero-order valence-electron chi connectivity index (χ0n) is 19.4. The summed E-state index contributed by atoms with van der Waals surface area (Å²) >= 11 is 0. The van der Waals surface area contributed by atoms with E-state index in [1.54, 1.807) is 14.3 Å². The van der Waals surface area contributed by atoms with Gasteiger partial charge in [-0.3, -0.25) is 4.79 Å². The first kappa shape index (κ1) is 22.9. The van der Waals surface area contributed by atoms with Crippen molar-refractivity contribution in [2.24, 2.45) is 0 Å². The van der Waals surface area contributed by atoms with Gasteiger partial charge in [0.25, 0.3) is 5.56 Å². The molecule has 1 aliphatic rings. The van der Waals surface area contributed by atoms with E-state index in [9.17, 15) is 9.59 Å². The minimum absolute atomic E-state index is 0.155. The van der Waals surface area contributed by atoms with E-state index in [0.717, 1.165) is 43.9 Å². The number of hydrogen-bond donors (Lipinski definition) is 0. The number of unbranched alkanes of at least 4 members (excludes halogenated alkanes) is 1. The van der Waals surface area contributed by atoms with Crippen LogP contribution in [-0.2, 0) is 6.42 Å². The predicted octanol–water partition coefficient (Wildman–Crippen LogP) is 4.11. The number of rotatable bonds is 7. The van der Waals surface area contributed by atoms with Gasteiger partial charge in [-0.15, -0.1) is 0 Å². The van der Waals surface area contributed by atoms with Crippen molar-refractivity contribution in [3.63, 3.8) is 0 Å². The van der Waals surface area contributed by atoms with Crippen LogP contribution in [0.15, 0.2) is 65.5 Å². The van der Waals surface area contributed by atoms with E-state index >= 15 is 0 Å². The van der Waals surface area contributed by atoms with Crippen LogP contribution in [0.2, 0.25) is 0 Å². The monoisotopic (exact) mass is 448 g/mol. The van der Waals surface area contributed by atoms with Crippen LogP contribution in [0.5, 0.6) is 5.88 Å². The Balaban J connectivity index is 1.80. The fourth-order valence-corrected chi connectivity index (χ4v) is 4.20. The van der Waals surface area contributed by atoms with Crippen LogP contribution in [0.4, 0.5) is 4.79 Å². The van der Waals surface area contributed by atoms with Gasteiger partial charge in [-0.2, -0.15) is 0 Å². The van der Waals surface area contributed by atoms with Crippen LogP contribution in [-0.4, -0.2) is 58.0 Å². The molecule has 0 unspecified atom stereocenters. The smallest absolute Gasteiger partial charge is 0.391 e. The van der Waals surface area contributed by atoms with Gasteiger partial charge in [0.15, 0.2) is 0 Å². The van der Waals surface area contributed by atoms with Crippen LogP contribution in [0, 0.1) is 0 Å². The average Bonchev–Trinajstić information content (AvgIpc) is 3.14. The molecule has 0 atom stereocenters. The van der Waals surface area contributed by atoms with Crippen LogP contribution in [0.1, 0.15) is 32.3 Å². The van der Waals surface area contributed by atoms with Gasteiger partial charge >= 0.3 is 6.09 Å². The van der Waals surface area contributed by atoms with Crippen molar-refractivity contribution in [2.75, 3.05) is 32.7 Å². The summed E-state index contributed by atoms with van der Waals surface area (Å²) in [5.41, 5.74) is 1.87. The number of para-hydroxylation sites is 2. The highest BCUT2D eigenvalue weighted by atomic mass is 16.6. The first-order chi connectivity index (χ1) is 16.1. The fraction of sp³-hybridized carbons (Fsp3) is 0.385. The molecule has 0 spiro atoms. The Kier molecular flexibility index (Phi) is 7.29. The number of ether oxygens (including phenoxy) is 1. The van der Waals surface area contributed by atoms with Gasteiger partial charge in [0.05, 0.1) is 16.9 Å². The molecule has 4 rings (SSSR count). The van der Waals surface area contributed by atoms with E-state index in [1.807, 2.05) is 60.7 Å². The van der Waals surface area contributed by atoms with Crippen molar-refractivity contribution < 1.29 is 9.53 Å². The second kappa shape index (κ2) is 10.5. The fourth-order valence-electron chi connectivity index (χ4n) is 4.20. The highest BCUT2D eigenvalue weighted by Crippen LogP contribution is 2.26. The number of carbonyl (C=O) groups excluding carboxylic acids is 1. The number of aromatic nitrogens is 2. The number of likely N-dealkylation sites (N-methyl/N-ethyl adjacent to an activating group) is 1. The summed E-state index contributed by atoms with van der Waals surface area (Å²) in [6.45, 7) is 8.06. The molecule has 1 amide bonds. The van der Waals surface area contributed by atoms with Crippen molar-refractivity contribution in [1.82, 2.24) is 19.2 Å². The molecule has 1 saturated heterocycles. The number of piperazine rings is 1. The van der Waals surface area contributed by atoms with Crippen LogP contribution in [0.3, 0.4) is 0 Å². The Morgan fingerprint density at radius 3 is 1.97 bits per heavy atom. The third-order valence-electron chi connectivity index (χ3n) is 6.14. The summed E-state index contributed by atoms with van der Waals surface area (Å²) in [5.74, 6) is 0.312. The van der Waals surface area contributed by atoms with E-state index in [-0.39, 0.29) is 5.56 Å². The topological polar surface area (TPSA) is 59.7 Å². The standard InChI is InChI=1S/C26H32N4O3/c1-3-5-16-23-24(31)29(21-12-8-6-9-13-21)30(22-14-10-7-11-15-22)25(23)33-26(32)28-19-17-27(4-2)18-20-28/h6-15H,3-5,16-20H2,1-2H3. The number of amides is 1. The predicted molar refractivity (Wildman–Crippen MR) is 130 cm³/mol. The summed E-state index contributed by atoms with van der Waals surface area (Å²) in [4.78, 5) is 30.9. The van der Waals surface area contributed by atoms with E-state index in [0.29, 0.717) is 31.0 Å². The van der Waals surface area contributed by atoms with E-state index < -0.39 is 6.09 Å². The molecule has 0 N–H and O–H groups in total. The molecule has 0 radical (unpaired) electrons. The molecule has 33 heavy (non-hydrogen) atoms. The zero-order valence-corrected chi connectivity index (χ0v) is 19.4. The van der Waals surface area contributed by atoms with E-state index in [4.69, 9.17) is 4.74 Å². The van der Waals surface area contributed by atoms with Crippen molar-refractivity contribution in [3.05, 3.63) is 76.6 Å². The molecule has 2 heterocycles. The Bertz CT molecular complexity index is 1110. The molecule has 0 saturated carbocycles. The molecule has 1 fully saturated rings. The molecule has 7 nitrogen and oxygen atoms in total. The minimum Gasteiger partial charge on any atom is -0.391 e. The summed E-state index contributed by atoms with van der Waals surface area (Å²) in [6, 6.07) is 19.1. The number of benzene rings is 2. The maximum atomic E-state index is 13.7. The van der Waals surface area contributed by atoms with Crippen molar-refractivity contribution in [3.8, 4) is 17.3 Å². The summed E-state index contributed by atoms with van der Waals surface area (Å²) in [7, 11) is 0. The summed E-state index contributed by atoms with van der Waals surface area (Å²) in [5, 5.41) is 0. The number of hydrogen-bond acceptors (Lipinski definition) is 4. The zero-order chi connectivity index (χ0) is 23.2. The van der Waals surface area contributed by atoms with Crippen molar-refractivity contribution >= 4 is 6.09 Å². The Morgan fingerprint density at radius 1 is 0.848 bits per heavy atom. The van der Waals surface area contributed by atoms with Gasteiger partial charge in [0, 0.05) is 26.2 Å². The van der Waals surface area contributed by atoms with Crippen LogP contribution >= 0.6 is 0 Å². The van der Waals surface area contributed by atoms with E-state index in [2.05, 4.69) is 18.7 Å². The van der Waals surface area contributed by atoms with Gasteiger partial charge in [-0.1, -0.05) is 56.7 Å². The van der Waals surface area contributed by atoms with Gasteiger partial charge in [-0.25, -0.2) is 14.2 Å².